The van der Waals surface area contributed by atoms with Crippen molar-refractivity contribution in [1.29, 1.82) is 0 Å². The van der Waals surface area contributed by atoms with E-state index in [4.69, 9.17) is 16.3 Å². The molecule has 0 saturated heterocycles. The van der Waals surface area contributed by atoms with Crippen LogP contribution in [0.25, 0.3) is 0 Å². The number of ether oxygens (including phenoxy) is 1. The number of aliphatic carboxylic acids is 1. The molecule has 1 atom stereocenters. The molecule has 36 heavy (non-hydrogen) atoms. The Hall–Kier alpha value is -3.52. The van der Waals surface area contributed by atoms with Gasteiger partial charge in [0, 0.05) is 30.0 Å². The van der Waals surface area contributed by atoms with Crippen LogP contribution in [-0.2, 0) is 30.4 Å². The molecule has 0 fully saturated rings. The van der Waals surface area contributed by atoms with E-state index >= 15 is 0 Å². The molecule has 1 N–H and O–H groups in total. The number of carboxylic acid groups (broad SMARTS) is 1. The van der Waals surface area contributed by atoms with Gasteiger partial charge in [-0.3, -0.25) is 9.59 Å². The lowest BCUT2D eigenvalue weighted by Crippen LogP contribution is -2.35. The van der Waals surface area contributed by atoms with Crippen LogP contribution in [0.15, 0.2) is 66.7 Å². The molecule has 0 saturated carbocycles. The third-order valence-corrected chi connectivity index (χ3v) is 6.20. The number of nitrogens with zero attached hydrogens (tertiary/aromatic N) is 1. The summed E-state index contributed by atoms with van der Waals surface area (Å²) in [5, 5.41) is 9.95. The topological polar surface area (TPSA) is 66.8 Å². The van der Waals surface area contributed by atoms with Gasteiger partial charge in [-0.15, -0.1) is 0 Å². The maximum atomic E-state index is 13.2. The number of benzene rings is 3. The number of amides is 1. The number of hydrogen-bond donors (Lipinski definition) is 1. The molecule has 9 heteroatoms. The van der Waals surface area contributed by atoms with Crippen LogP contribution in [0, 0.1) is 0 Å². The van der Waals surface area contributed by atoms with Gasteiger partial charge in [-0.25, -0.2) is 0 Å². The van der Waals surface area contributed by atoms with E-state index in [1.807, 2.05) is 25.1 Å². The molecule has 1 heterocycles. The number of carbonyl (C=O) groups excluding carboxylic acids is 1. The van der Waals surface area contributed by atoms with Crippen LogP contribution in [0.5, 0.6) is 5.75 Å². The minimum atomic E-state index is -4.48. The maximum Gasteiger partial charge on any atom is 0.416 e. The van der Waals surface area contributed by atoms with Crippen LogP contribution in [-0.4, -0.2) is 34.0 Å². The number of carboxylic acids is 1. The Balaban J connectivity index is 1.52. The molecule has 4 rings (SSSR count). The van der Waals surface area contributed by atoms with Crippen molar-refractivity contribution in [3.63, 3.8) is 0 Å². The minimum Gasteiger partial charge on any atom is -0.487 e. The highest BCUT2D eigenvalue weighted by atomic mass is 35.5. The lowest BCUT2D eigenvalue weighted by molar-refractivity contribution is -0.138. The van der Waals surface area contributed by atoms with E-state index in [1.165, 1.54) is 12.1 Å². The summed E-state index contributed by atoms with van der Waals surface area (Å²) in [7, 11) is 0. The normalized spacial score (nSPS) is 16.8. The van der Waals surface area contributed by atoms with Crippen molar-refractivity contribution in [3.05, 3.63) is 99.6 Å². The molecule has 5 nitrogen and oxygen atoms in total. The average Bonchev–Trinajstić information content (AvgIpc) is 3.12. The molecule has 0 aliphatic carbocycles. The average molecular weight is 518 g/mol. The predicted octanol–water partition coefficient (Wildman–Crippen LogP) is 6.02. The van der Waals surface area contributed by atoms with Crippen molar-refractivity contribution < 1.29 is 32.6 Å². The van der Waals surface area contributed by atoms with E-state index in [9.17, 15) is 27.9 Å². The van der Waals surface area contributed by atoms with Gasteiger partial charge in [0.25, 0.3) is 5.91 Å². The summed E-state index contributed by atoms with van der Waals surface area (Å²) in [6.07, 6.45) is -3.35. The number of alkyl halides is 3. The zero-order chi connectivity index (χ0) is 26.1. The molecular weight excluding hydrogens is 495 g/mol. The van der Waals surface area contributed by atoms with Crippen molar-refractivity contribution in [2.75, 3.05) is 6.54 Å². The Morgan fingerprint density at radius 2 is 1.78 bits per heavy atom. The van der Waals surface area contributed by atoms with Gasteiger partial charge in [0.2, 0.25) is 0 Å². The Labute approximate surface area is 211 Å². The molecule has 3 aromatic carbocycles. The zero-order valence-electron chi connectivity index (χ0n) is 19.3. The molecule has 1 unspecified atom stereocenters. The van der Waals surface area contributed by atoms with E-state index < -0.39 is 35.8 Å². The van der Waals surface area contributed by atoms with Crippen molar-refractivity contribution in [2.24, 2.45) is 0 Å². The van der Waals surface area contributed by atoms with E-state index in [1.54, 1.807) is 24.3 Å². The fourth-order valence-electron chi connectivity index (χ4n) is 4.40. The van der Waals surface area contributed by atoms with Crippen LogP contribution in [0.2, 0.25) is 5.02 Å². The molecule has 1 aliphatic rings. The van der Waals surface area contributed by atoms with Crippen molar-refractivity contribution in [3.8, 4) is 5.75 Å². The van der Waals surface area contributed by atoms with E-state index in [0.29, 0.717) is 29.2 Å². The summed E-state index contributed by atoms with van der Waals surface area (Å²) in [6.45, 7) is 1.22. The second kappa shape index (κ2) is 9.85. The van der Waals surface area contributed by atoms with Gasteiger partial charge in [-0.1, -0.05) is 35.9 Å². The fourth-order valence-corrected chi connectivity index (χ4v) is 4.61. The van der Waals surface area contributed by atoms with Crippen molar-refractivity contribution in [2.45, 2.75) is 38.1 Å². The van der Waals surface area contributed by atoms with Crippen LogP contribution >= 0.6 is 11.6 Å². The summed E-state index contributed by atoms with van der Waals surface area (Å²) in [4.78, 5) is 25.7. The van der Waals surface area contributed by atoms with Crippen molar-refractivity contribution >= 4 is 23.5 Å². The van der Waals surface area contributed by atoms with E-state index in [0.717, 1.165) is 28.2 Å². The van der Waals surface area contributed by atoms with Gasteiger partial charge in [0.15, 0.2) is 0 Å². The lowest BCUT2D eigenvalue weighted by Gasteiger charge is -2.24. The monoisotopic (exact) mass is 517 g/mol. The second-order valence-electron chi connectivity index (χ2n) is 9.11. The molecule has 3 aromatic rings. The Morgan fingerprint density at radius 3 is 2.42 bits per heavy atom. The SMILES string of the molecule is CC1(Cc2cccc(Cl)c2)Cc2cc(C(=O)N(CC(=O)O)Cc3ccc(C(F)(F)F)cc3)ccc2O1. The predicted molar refractivity (Wildman–Crippen MR) is 128 cm³/mol. The molecular formula is C27H23ClF3NO4. The van der Waals surface area contributed by atoms with Crippen LogP contribution in [0.4, 0.5) is 13.2 Å². The number of hydrogen-bond acceptors (Lipinski definition) is 3. The number of rotatable bonds is 7. The summed E-state index contributed by atoms with van der Waals surface area (Å²) in [5.74, 6) is -1.12. The largest absolute Gasteiger partial charge is 0.487 e. The molecule has 0 radical (unpaired) electrons. The Morgan fingerprint density at radius 1 is 1.06 bits per heavy atom. The number of fused-ring (bicyclic) bond motifs is 1. The third kappa shape index (κ3) is 5.99. The second-order valence-corrected chi connectivity index (χ2v) is 9.54. The van der Waals surface area contributed by atoms with E-state index in [2.05, 4.69) is 0 Å². The van der Waals surface area contributed by atoms with Crippen LogP contribution in [0.1, 0.15) is 39.5 Å². The van der Waals surface area contributed by atoms with Crippen LogP contribution < -0.4 is 4.74 Å². The van der Waals surface area contributed by atoms with Gasteiger partial charge in [0.1, 0.15) is 17.9 Å². The highest BCUT2D eigenvalue weighted by molar-refractivity contribution is 6.30. The Kier molecular flexibility index (Phi) is 7.00. The third-order valence-electron chi connectivity index (χ3n) is 5.96. The first-order chi connectivity index (χ1) is 16.9. The molecule has 1 amide bonds. The van der Waals surface area contributed by atoms with Crippen molar-refractivity contribution in [1.82, 2.24) is 4.90 Å². The lowest BCUT2D eigenvalue weighted by atomic mass is 9.91. The number of halogens is 4. The van der Waals surface area contributed by atoms with Gasteiger partial charge in [0.05, 0.1) is 5.56 Å². The zero-order valence-corrected chi connectivity index (χ0v) is 20.1. The summed E-state index contributed by atoms with van der Waals surface area (Å²) < 4.78 is 44.7. The maximum absolute atomic E-state index is 13.2. The molecule has 188 valence electrons. The number of carbonyl (C=O) groups is 2. The van der Waals surface area contributed by atoms with Crippen LogP contribution in [0.3, 0.4) is 0 Å². The molecule has 0 spiro atoms. The molecule has 1 aliphatic heterocycles. The quantitative estimate of drug-likeness (QED) is 0.416. The summed E-state index contributed by atoms with van der Waals surface area (Å²) in [5.41, 5.74) is 1.12. The molecule has 0 aromatic heterocycles. The first kappa shape index (κ1) is 25.6. The van der Waals surface area contributed by atoms with Gasteiger partial charge in [-0.2, -0.15) is 13.2 Å². The highest BCUT2D eigenvalue weighted by Gasteiger charge is 2.36. The van der Waals surface area contributed by atoms with Gasteiger partial charge < -0.3 is 14.7 Å². The molecule has 0 bridgehead atoms. The first-order valence-corrected chi connectivity index (χ1v) is 11.5. The van der Waals surface area contributed by atoms with E-state index in [-0.39, 0.29) is 12.1 Å². The minimum absolute atomic E-state index is 0.149. The first-order valence-electron chi connectivity index (χ1n) is 11.2. The Bertz CT molecular complexity index is 1290. The van der Waals surface area contributed by atoms with Gasteiger partial charge >= 0.3 is 12.1 Å². The standard InChI is InChI=1S/C27H23ClF3NO4/c1-26(13-18-3-2-4-22(28)11-18)14-20-12-19(7-10-23(20)36-26)25(35)32(16-24(33)34)15-17-5-8-21(9-6-17)27(29,30)31/h2-12H,13-16H2,1H3,(H,33,34). The summed E-state index contributed by atoms with van der Waals surface area (Å²) >= 11 is 6.10. The smallest absolute Gasteiger partial charge is 0.416 e. The fraction of sp³-hybridized carbons (Fsp3) is 0.259. The van der Waals surface area contributed by atoms with Gasteiger partial charge in [-0.05, 0) is 66.1 Å². The highest BCUT2D eigenvalue weighted by Crippen LogP contribution is 2.38. The summed E-state index contributed by atoms with van der Waals surface area (Å²) in [6, 6.07) is 16.7.